The maximum Gasteiger partial charge on any atom is 0.303 e. The second-order valence-corrected chi connectivity index (χ2v) is 6.85. The Bertz CT molecular complexity index is 316. The maximum atomic E-state index is 11.8. The third-order valence-corrected chi connectivity index (χ3v) is 5.06. The number of carbonyl (C=O) groups is 2. The fourth-order valence-corrected chi connectivity index (χ4v) is 3.21. The smallest absolute Gasteiger partial charge is 0.303 e. The van der Waals surface area contributed by atoms with Crippen LogP contribution in [0.2, 0.25) is 0 Å². The van der Waals surface area contributed by atoms with E-state index < -0.39 is 5.97 Å². The molecule has 0 aliphatic heterocycles. The Labute approximate surface area is 119 Å². The van der Waals surface area contributed by atoms with Gasteiger partial charge in [-0.2, -0.15) is 0 Å². The lowest BCUT2D eigenvalue weighted by Crippen LogP contribution is -2.32. The van der Waals surface area contributed by atoms with E-state index in [1.165, 1.54) is 0 Å². The van der Waals surface area contributed by atoms with Crippen LogP contribution >= 0.6 is 11.8 Å². The summed E-state index contributed by atoms with van der Waals surface area (Å²) in [4.78, 5) is 22.6. The lowest BCUT2D eigenvalue weighted by atomic mass is 10.1. The first kappa shape index (κ1) is 16.3. The van der Waals surface area contributed by atoms with Gasteiger partial charge in [0.15, 0.2) is 0 Å². The van der Waals surface area contributed by atoms with Crippen molar-refractivity contribution in [1.82, 2.24) is 5.32 Å². The van der Waals surface area contributed by atoms with E-state index in [2.05, 4.69) is 12.2 Å². The van der Waals surface area contributed by atoms with Gasteiger partial charge in [-0.05, 0) is 31.6 Å². The Balaban J connectivity index is 2.18. The molecule has 0 bridgehead atoms. The summed E-state index contributed by atoms with van der Waals surface area (Å²) >= 11 is 1.58. The highest BCUT2D eigenvalue weighted by molar-refractivity contribution is 8.00. The molecule has 0 spiro atoms. The molecule has 1 unspecified atom stereocenters. The first-order valence-electron chi connectivity index (χ1n) is 7.10. The standard InChI is InChI=1S/C14H25NO3S/c1-3-4-5-8-15-13(18)11(2)19-10-14(6-7-14)9-12(16)17/h11H,3-10H2,1-2H3,(H,15,18)(H,16,17). The molecule has 19 heavy (non-hydrogen) atoms. The van der Waals surface area contributed by atoms with Crippen LogP contribution in [-0.2, 0) is 9.59 Å². The number of carboxylic acid groups (broad SMARTS) is 1. The minimum Gasteiger partial charge on any atom is -0.481 e. The normalized spacial score (nSPS) is 17.8. The molecule has 0 radical (unpaired) electrons. The summed E-state index contributed by atoms with van der Waals surface area (Å²) < 4.78 is 0. The fourth-order valence-electron chi connectivity index (χ4n) is 1.98. The number of hydrogen-bond acceptors (Lipinski definition) is 3. The first-order valence-corrected chi connectivity index (χ1v) is 8.15. The SMILES string of the molecule is CCCCCNC(=O)C(C)SCC1(CC(=O)O)CC1. The minimum atomic E-state index is -0.727. The van der Waals surface area contributed by atoms with Crippen LogP contribution in [0, 0.1) is 5.41 Å². The highest BCUT2D eigenvalue weighted by atomic mass is 32.2. The van der Waals surface area contributed by atoms with Crippen LogP contribution < -0.4 is 5.32 Å². The summed E-state index contributed by atoms with van der Waals surface area (Å²) in [6.07, 6.45) is 5.53. The van der Waals surface area contributed by atoms with Crippen molar-refractivity contribution in [3.8, 4) is 0 Å². The molecule has 5 heteroatoms. The van der Waals surface area contributed by atoms with E-state index in [4.69, 9.17) is 5.11 Å². The molecule has 1 amide bonds. The predicted molar refractivity (Wildman–Crippen MR) is 78.4 cm³/mol. The summed E-state index contributed by atoms with van der Waals surface area (Å²) in [5.74, 6) is 0.130. The van der Waals surface area contributed by atoms with Crippen molar-refractivity contribution < 1.29 is 14.7 Å². The Kier molecular flexibility index (Phi) is 6.69. The lowest BCUT2D eigenvalue weighted by Gasteiger charge is -2.16. The van der Waals surface area contributed by atoms with E-state index in [9.17, 15) is 9.59 Å². The summed E-state index contributed by atoms with van der Waals surface area (Å²) in [5, 5.41) is 11.7. The summed E-state index contributed by atoms with van der Waals surface area (Å²) in [7, 11) is 0. The predicted octanol–water partition coefficient (Wildman–Crippen LogP) is 2.67. The zero-order valence-electron chi connectivity index (χ0n) is 11.9. The average Bonchev–Trinajstić information content (AvgIpc) is 3.10. The largest absolute Gasteiger partial charge is 0.481 e. The van der Waals surface area contributed by atoms with Crippen molar-refractivity contribution in [2.24, 2.45) is 5.41 Å². The fraction of sp³-hybridized carbons (Fsp3) is 0.857. The van der Waals surface area contributed by atoms with Gasteiger partial charge in [-0.3, -0.25) is 9.59 Å². The third kappa shape index (κ3) is 6.32. The van der Waals surface area contributed by atoms with Crippen LogP contribution in [0.1, 0.15) is 52.4 Å². The van der Waals surface area contributed by atoms with E-state index >= 15 is 0 Å². The van der Waals surface area contributed by atoms with Crippen molar-refractivity contribution in [3.05, 3.63) is 0 Å². The van der Waals surface area contributed by atoms with E-state index in [1.807, 2.05) is 6.92 Å². The maximum absolute atomic E-state index is 11.8. The summed E-state index contributed by atoms with van der Waals surface area (Å²) in [5.41, 5.74) is -0.0345. The number of unbranched alkanes of at least 4 members (excludes halogenated alkanes) is 2. The summed E-state index contributed by atoms with van der Waals surface area (Å²) in [6, 6.07) is 0. The molecule has 1 fully saturated rings. The van der Waals surface area contributed by atoms with Crippen LogP contribution in [0.25, 0.3) is 0 Å². The Morgan fingerprint density at radius 2 is 2.05 bits per heavy atom. The van der Waals surface area contributed by atoms with Gasteiger partial charge in [-0.15, -0.1) is 11.8 Å². The molecule has 0 saturated heterocycles. The molecule has 0 heterocycles. The van der Waals surface area contributed by atoms with Crippen LogP contribution in [0.3, 0.4) is 0 Å². The molecule has 4 nitrogen and oxygen atoms in total. The van der Waals surface area contributed by atoms with Crippen LogP contribution in [0.15, 0.2) is 0 Å². The molecule has 1 rings (SSSR count). The van der Waals surface area contributed by atoms with Crippen molar-refractivity contribution in [2.75, 3.05) is 12.3 Å². The molecular weight excluding hydrogens is 262 g/mol. The van der Waals surface area contributed by atoms with Gasteiger partial charge < -0.3 is 10.4 Å². The van der Waals surface area contributed by atoms with Gasteiger partial charge in [-0.25, -0.2) is 0 Å². The van der Waals surface area contributed by atoms with Crippen molar-refractivity contribution in [2.45, 2.75) is 57.6 Å². The van der Waals surface area contributed by atoms with E-state index in [0.717, 1.165) is 44.4 Å². The number of carboxylic acids is 1. The van der Waals surface area contributed by atoms with Gasteiger partial charge in [0.2, 0.25) is 5.91 Å². The Morgan fingerprint density at radius 1 is 1.37 bits per heavy atom. The Hall–Kier alpha value is -0.710. The van der Waals surface area contributed by atoms with Crippen molar-refractivity contribution in [3.63, 3.8) is 0 Å². The topological polar surface area (TPSA) is 66.4 Å². The second kappa shape index (κ2) is 7.78. The zero-order chi connectivity index (χ0) is 14.3. The molecule has 1 aliphatic rings. The van der Waals surface area contributed by atoms with Gasteiger partial charge in [0, 0.05) is 12.3 Å². The van der Waals surface area contributed by atoms with Gasteiger partial charge in [0.1, 0.15) is 0 Å². The van der Waals surface area contributed by atoms with Gasteiger partial charge >= 0.3 is 5.97 Å². The van der Waals surface area contributed by atoms with E-state index in [0.29, 0.717) is 0 Å². The first-order chi connectivity index (χ1) is 8.99. The molecule has 1 saturated carbocycles. The molecule has 110 valence electrons. The number of amides is 1. The molecule has 2 N–H and O–H groups in total. The zero-order valence-corrected chi connectivity index (χ0v) is 12.7. The van der Waals surface area contributed by atoms with Gasteiger partial charge in [-0.1, -0.05) is 19.8 Å². The van der Waals surface area contributed by atoms with Crippen LogP contribution in [0.5, 0.6) is 0 Å². The number of carbonyl (C=O) groups excluding carboxylic acids is 1. The highest BCUT2D eigenvalue weighted by Gasteiger charge is 2.44. The van der Waals surface area contributed by atoms with E-state index in [1.54, 1.807) is 11.8 Å². The lowest BCUT2D eigenvalue weighted by molar-refractivity contribution is -0.138. The number of aliphatic carboxylic acids is 1. The van der Waals surface area contributed by atoms with Gasteiger partial charge in [0.25, 0.3) is 0 Å². The summed E-state index contributed by atoms with van der Waals surface area (Å²) in [6.45, 7) is 4.78. The van der Waals surface area contributed by atoms with E-state index in [-0.39, 0.29) is 23.0 Å². The molecule has 1 atom stereocenters. The monoisotopic (exact) mass is 287 g/mol. The molecule has 1 aliphatic carbocycles. The molecule has 0 aromatic rings. The third-order valence-electron chi connectivity index (χ3n) is 3.57. The number of thioether (sulfide) groups is 1. The molecule has 0 aromatic heterocycles. The van der Waals surface area contributed by atoms with Crippen LogP contribution in [0.4, 0.5) is 0 Å². The minimum absolute atomic E-state index is 0.0345. The quantitative estimate of drug-likeness (QED) is 0.606. The van der Waals surface area contributed by atoms with Crippen molar-refractivity contribution >= 4 is 23.6 Å². The van der Waals surface area contributed by atoms with Crippen LogP contribution in [-0.4, -0.2) is 34.5 Å². The number of rotatable bonds is 10. The van der Waals surface area contributed by atoms with Gasteiger partial charge in [0.05, 0.1) is 11.7 Å². The molecule has 0 aromatic carbocycles. The number of nitrogens with one attached hydrogen (secondary N) is 1. The Morgan fingerprint density at radius 3 is 2.58 bits per heavy atom. The average molecular weight is 287 g/mol. The molecular formula is C14H25NO3S. The highest BCUT2D eigenvalue weighted by Crippen LogP contribution is 2.51. The van der Waals surface area contributed by atoms with Crippen molar-refractivity contribution in [1.29, 1.82) is 0 Å². The second-order valence-electron chi connectivity index (χ2n) is 5.52. The number of hydrogen-bond donors (Lipinski definition) is 2.